The van der Waals surface area contributed by atoms with Gasteiger partial charge in [-0.3, -0.25) is 9.69 Å². The van der Waals surface area contributed by atoms with Crippen molar-refractivity contribution in [3.63, 3.8) is 0 Å². The van der Waals surface area contributed by atoms with Gasteiger partial charge in [0.15, 0.2) is 5.11 Å². The summed E-state index contributed by atoms with van der Waals surface area (Å²) in [6.07, 6.45) is 1.84. The number of anilines is 1. The quantitative estimate of drug-likeness (QED) is 0.678. The molecule has 1 N–H and O–H groups in total. The lowest BCUT2D eigenvalue weighted by Crippen LogP contribution is -2.31. The van der Waals surface area contributed by atoms with Gasteiger partial charge in [-0.15, -0.1) is 11.3 Å². The van der Waals surface area contributed by atoms with Crippen LogP contribution in [-0.4, -0.2) is 11.0 Å². The van der Waals surface area contributed by atoms with Crippen LogP contribution in [0.1, 0.15) is 16.0 Å². The average molecular weight is 314 g/mol. The molecule has 0 saturated carbocycles. The van der Waals surface area contributed by atoms with E-state index in [1.165, 1.54) is 0 Å². The first kappa shape index (κ1) is 14.0. The summed E-state index contributed by atoms with van der Waals surface area (Å²) < 4.78 is 0. The van der Waals surface area contributed by atoms with Crippen LogP contribution >= 0.6 is 23.6 Å². The van der Waals surface area contributed by atoms with Crippen LogP contribution in [0.3, 0.4) is 0 Å². The Kier molecular flexibility index (Phi) is 3.61. The van der Waals surface area contributed by atoms with Crippen LogP contribution < -0.4 is 10.2 Å². The molecule has 1 aliphatic heterocycles. The summed E-state index contributed by atoms with van der Waals surface area (Å²) in [6, 6.07) is 9.81. The van der Waals surface area contributed by atoms with Gasteiger partial charge in [-0.1, -0.05) is 18.2 Å². The Hall–Kier alpha value is -1.98. The average Bonchev–Trinajstić information content (AvgIpc) is 3.04. The minimum Gasteiger partial charge on any atom is -0.327 e. The van der Waals surface area contributed by atoms with Crippen molar-refractivity contribution >= 4 is 46.3 Å². The maximum atomic E-state index is 12.6. The van der Waals surface area contributed by atoms with Crippen molar-refractivity contribution in [2.45, 2.75) is 13.8 Å². The van der Waals surface area contributed by atoms with E-state index in [0.717, 1.165) is 21.7 Å². The number of thiophene rings is 1. The van der Waals surface area contributed by atoms with Gasteiger partial charge >= 0.3 is 0 Å². The van der Waals surface area contributed by atoms with Crippen molar-refractivity contribution < 1.29 is 4.79 Å². The Labute approximate surface area is 132 Å². The molecule has 0 aliphatic carbocycles. The molecule has 1 saturated heterocycles. The van der Waals surface area contributed by atoms with Crippen LogP contribution in [-0.2, 0) is 4.79 Å². The minimum atomic E-state index is -0.109. The first-order chi connectivity index (χ1) is 10.1. The highest BCUT2D eigenvalue weighted by atomic mass is 32.1. The highest BCUT2D eigenvalue weighted by Gasteiger charge is 2.32. The number of aryl methyl sites for hydroxylation is 1. The molecule has 1 amide bonds. The fourth-order valence-electron chi connectivity index (χ4n) is 2.25. The second kappa shape index (κ2) is 5.42. The van der Waals surface area contributed by atoms with Crippen LogP contribution in [0, 0.1) is 13.8 Å². The van der Waals surface area contributed by atoms with Gasteiger partial charge in [0.05, 0.1) is 5.69 Å². The fraction of sp³-hybridized carbons (Fsp3) is 0.125. The predicted octanol–water partition coefficient (Wildman–Crippen LogP) is 3.63. The van der Waals surface area contributed by atoms with Gasteiger partial charge in [0, 0.05) is 4.88 Å². The number of benzene rings is 1. The standard InChI is InChI=1S/C16H14N2OS2/c1-10-5-3-7-14(11(10)2)18-15(19)13(17-16(18)20)9-12-6-4-8-21-12/h3-9H,1-2H3,(H,17,20)/b13-9+. The van der Waals surface area contributed by atoms with E-state index in [1.807, 2.05) is 55.6 Å². The molecule has 3 rings (SSSR count). The summed E-state index contributed by atoms with van der Waals surface area (Å²) >= 11 is 6.92. The fourth-order valence-corrected chi connectivity index (χ4v) is 3.20. The molecule has 5 heteroatoms. The number of amides is 1. The van der Waals surface area contributed by atoms with Gasteiger partial charge in [0.2, 0.25) is 0 Å². The van der Waals surface area contributed by atoms with Gasteiger partial charge in [-0.2, -0.15) is 0 Å². The van der Waals surface area contributed by atoms with E-state index in [-0.39, 0.29) is 5.91 Å². The van der Waals surface area contributed by atoms with Gasteiger partial charge in [0.1, 0.15) is 5.70 Å². The van der Waals surface area contributed by atoms with Crippen molar-refractivity contribution in [3.05, 3.63) is 57.4 Å². The van der Waals surface area contributed by atoms with E-state index < -0.39 is 0 Å². The Morgan fingerprint density at radius 3 is 2.76 bits per heavy atom. The number of thiocarbonyl (C=S) groups is 1. The lowest BCUT2D eigenvalue weighted by Gasteiger charge is -2.17. The zero-order valence-electron chi connectivity index (χ0n) is 11.7. The molecule has 106 valence electrons. The van der Waals surface area contributed by atoms with E-state index in [2.05, 4.69) is 5.32 Å². The van der Waals surface area contributed by atoms with Crippen LogP contribution in [0.2, 0.25) is 0 Å². The van der Waals surface area contributed by atoms with Gasteiger partial charge in [0.25, 0.3) is 5.91 Å². The summed E-state index contributed by atoms with van der Waals surface area (Å²) in [7, 11) is 0. The molecule has 1 fully saturated rings. The molecule has 0 bridgehead atoms. The molecule has 0 radical (unpaired) electrons. The second-order valence-corrected chi connectivity index (χ2v) is 6.23. The van der Waals surface area contributed by atoms with Crippen molar-refractivity contribution in [2.24, 2.45) is 0 Å². The zero-order valence-corrected chi connectivity index (χ0v) is 13.3. The zero-order chi connectivity index (χ0) is 15.0. The maximum absolute atomic E-state index is 12.6. The summed E-state index contributed by atoms with van der Waals surface area (Å²) in [4.78, 5) is 15.2. The van der Waals surface area contributed by atoms with Crippen LogP contribution in [0.4, 0.5) is 5.69 Å². The molecule has 1 aromatic heterocycles. The summed E-state index contributed by atoms with van der Waals surface area (Å²) in [5.74, 6) is -0.109. The topological polar surface area (TPSA) is 32.3 Å². The van der Waals surface area contributed by atoms with Crippen molar-refractivity contribution in [3.8, 4) is 0 Å². The minimum absolute atomic E-state index is 0.109. The molecule has 0 unspecified atom stereocenters. The lowest BCUT2D eigenvalue weighted by molar-refractivity contribution is -0.113. The van der Waals surface area contributed by atoms with Crippen LogP contribution in [0.15, 0.2) is 41.4 Å². The third-order valence-corrected chi connectivity index (χ3v) is 4.63. The number of carbonyl (C=O) groups excluding carboxylic acids is 1. The first-order valence-electron chi connectivity index (χ1n) is 6.55. The number of hydrogen-bond acceptors (Lipinski definition) is 3. The smallest absolute Gasteiger partial charge is 0.281 e. The normalized spacial score (nSPS) is 16.7. The van der Waals surface area contributed by atoms with Gasteiger partial charge in [-0.25, -0.2) is 0 Å². The predicted molar refractivity (Wildman–Crippen MR) is 91.4 cm³/mol. The summed E-state index contributed by atoms with van der Waals surface area (Å²) in [5.41, 5.74) is 3.56. The van der Waals surface area contributed by atoms with E-state index in [1.54, 1.807) is 16.2 Å². The molecule has 2 heterocycles. The number of nitrogens with zero attached hydrogens (tertiary/aromatic N) is 1. The highest BCUT2D eigenvalue weighted by Crippen LogP contribution is 2.27. The lowest BCUT2D eigenvalue weighted by atomic mass is 10.1. The SMILES string of the molecule is Cc1cccc(N2C(=O)/C(=C\c3cccs3)NC2=S)c1C. The molecule has 2 aromatic rings. The largest absolute Gasteiger partial charge is 0.327 e. The molecule has 21 heavy (non-hydrogen) atoms. The molecular formula is C16H14N2OS2. The molecule has 1 aromatic carbocycles. The Morgan fingerprint density at radius 2 is 2.05 bits per heavy atom. The monoisotopic (exact) mass is 314 g/mol. The van der Waals surface area contributed by atoms with Gasteiger partial charge < -0.3 is 5.32 Å². The highest BCUT2D eigenvalue weighted by molar-refractivity contribution is 7.80. The Bertz CT molecular complexity index is 748. The van der Waals surface area contributed by atoms with E-state index in [0.29, 0.717) is 10.8 Å². The molecule has 1 aliphatic rings. The molecule has 3 nitrogen and oxygen atoms in total. The van der Waals surface area contributed by atoms with E-state index >= 15 is 0 Å². The Balaban J connectivity index is 2.00. The van der Waals surface area contributed by atoms with Crippen molar-refractivity contribution in [2.75, 3.05) is 4.90 Å². The van der Waals surface area contributed by atoms with Crippen molar-refractivity contribution in [1.82, 2.24) is 5.32 Å². The summed E-state index contributed by atoms with van der Waals surface area (Å²) in [5, 5.41) is 5.42. The van der Waals surface area contributed by atoms with E-state index in [9.17, 15) is 4.79 Å². The maximum Gasteiger partial charge on any atom is 0.281 e. The first-order valence-corrected chi connectivity index (χ1v) is 7.83. The second-order valence-electron chi connectivity index (χ2n) is 4.86. The molecular weight excluding hydrogens is 300 g/mol. The number of carbonyl (C=O) groups is 1. The summed E-state index contributed by atoms with van der Waals surface area (Å²) in [6.45, 7) is 4.03. The number of nitrogens with one attached hydrogen (secondary N) is 1. The third kappa shape index (κ3) is 2.50. The molecule has 0 atom stereocenters. The van der Waals surface area contributed by atoms with Crippen LogP contribution in [0.25, 0.3) is 6.08 Å². The van der Waals surface area contributed by atoms with Gasteiger partial charge in [-0.05, 0) is 60.8 Å². The van der Waals surface area contributed by atoms with E-state index in [4.69, 9.17) is 12.2 Å². The van der Waals surface area contributed by atoms with Crippen LogP contribution in [0.5, 0.6) is 0 Å². The molecule has 0 spiro atoms. The third-order valence-electron chi connectivity index (χ3n) is 3.52. The Morgan fingerprint density at radius 1 is 1.24 bits per heavy atom. The number of hydrogen-bond donors (Lipinski definition) is 1. The van der Waals surface area contributed by atoms with Crippen molar-refractivity contribution in [1.29, 1.82) is 0 Å². The number of rotatable bonds is 2.